The summed E-state index contributed by atoms with van der Waals surface area (Å²) >= 11 is 0. The first-order valence-electron chi connectivity index (χ1n) is 10.3. The first-order chi connectivity index (χ1) is 13.6. The quantitative estimate of drug-likeness (QED) is 0.864. The minimum absolute atomic E-state index is 0.00442. The van der Waals surface area contributed by atoms with Crippen molar-refractivity contribution in [3.8, 4) is 5.75 Å². The van der Waals surface area contributed by atoms with Crippen molar-refractivity contribution in [1.82, 2.24) is 5.32 Å². The first-order valence-corrected chi connectivity index (χ1v) is 10.3. The zero-order valence-corrected chi connectivity index (χ0v) is 16.3. The molecule has 146 valence electrons. The minimum Gasteiger partial charge on any atom is -0.497 e. The number of hydrogen-bond acceptors (Lipinski definition) is 4. The molecule has 0 radical (unpaired) electrons. The highest BCUT2D eigenvalue weighted by Crippen LogP contribution is 2.56. The van der Waals surface area contributed by atoms with Crippen molar-refractivity contribution in [2.45, 2.75) is 55.6 Å². The number of aliphatic hydroxyl groups is 1. The van der Waals surface area contributed by atoms with E-state index >= 15 is 0 Å². The van der Waals surface area contributed by atoms with E-state index in [1.807, 2.05) is 6.07 Å². The molecule has 2 N–H and O–H groups in total. The fraction of sp³-hybridized carbons (Fsp3) is 0.458. The lowest BCUT2D eigenvalue weighted by molar-refractivity contribution is -0.149. The van der Waals surface area contributed by atoms with Crippen LogP contribution in [0.15, 0.2) is 42.5 Å². The Morgan fingerprint density at radius 2 is 2.04 bits per heavy atom. The Labute approximate surface area is 165 Å². The van der Waals surface area contributed by atoms with E-state index in [4.69, 9.17) is 4.74 Å². The highest BCUT2D eigenvalue weighted by Gasteiger charge is 2.63. The second kappa shape index (κ2) is 6.43. The molecule has 5 rings (SSSR count). The largest absolute Gasteiger partial charge is 0.497 e. The summed E-state index contributed by atoms with van der Waals surface area (Å²) in [5.41, 5.74) is 3.59. The molecule has 1 aliphatic heterocycles. The van der Waals surface area contributed by atoms with Crippen LogP contribution in [-0.2, 0) is 23.1 Å². The van der Waals surface area contributed by atoms with E-state index in [0.29, 0.717) is 19.3 Å². The number of Topliss-reactive ketones (excluding diaryl/α,β-unsaturated/α-hetero) is 1. The third-order valence-corrected chi connectivity index (χ3v) is 7.34. The molecule has 2 aromatic carbocycles. The second-order valence-electron chi connectivity index (χ2n) is 8.66. The van der Waals surface area contributed by atoms with Gasteiger partial charge in [-0.05, 0) is 66.6 Å². The highest BCUT2D eigenvalue weighted by atomic mass is 16.5. The van der Waals surface area contributed by atoms with Gasteiger partial charge in [0, 0.05) is 24.3 Å². The van der Waals surface area contributed by atoms with Crippen molar-refractivity contribution in [2.24, 2.45) is 0 Å². The summed E-state index contributed by atoms with van der Waals surface area (Å²) in [6.07, 6.45) is 3.88. The molecule has 3 aliphatic rings. The number of ether oxygens (including phenoxy) is 1. The van der Waals surface area contributed by atoms with E-state index in [1.165, 1.54) is 16.7 Å². The predicted molar refractivity (Wildman–Crippen MR) is 108 cm³/mol. The second-order valence-corrected chi connectivity index (χ2v) is 8.66. The van der Waals surface area contributed by atoms with Crippen LogP contribution in [0, 0.1) is 0 Å². The Morgan fingerprint density at radius 1 is 1.21 bits per heavy atom. The summed E-state index contributed by atoms with van der Waals surface area (Å²) in [7, 11) is 1.69. The van der Waals surface area contributed by atoms with E-state index in [0.717, 1.165) is 37.1 Å². The Bertz CT molecular complexity index is 925. The minimum atomic E-state index is -0.859. The third kappa shape index (κ3) is 2.48. The van der Waals surface area contributed by atoms with Gasteiger partial charge in [-0.1, -0.05) is 30.3 Å². The van der Waals surface area contributed by atoms with Crippen LogP contribution in [0.3, 0.4) is 0 Å². The van der Waals surface area contributed by atoms with E-state index < -0.39 is 11.0 Å². The summed E-state index contributed by atoms with van der Waals surface area (Å²) in [4.78, 5) is 12.5. The van der Waals surface area contributed by atoms with Crippen molar-refractivity contribution >= 4 is 5.78 Å². The lowest BCUT2D eigenvalue weighted by Gasteiger charge is -2.60. The number of carbonyl (C=O) groups is 1. The molecule has 0 unspecified atom stereocenters. The molecule has 0 spiro atoms. The molecule has 4 nitrogen and oxygen atoms in total. The lowest BCUT2D eigenvalue weighted by atomic mass is 9.49. The van der Waals surface area contributed by atoms with Crippen LogP contribution >= 0.6 is 0 Å². The number of ketones is 1. The van der Waals surface area contributed by atoms with Crippen molar-refractivity contribution in [1.29, 1.82) is 0 Å². The Hall–Kier alpha value is -2.17. The molecule has 2 bridgehead atoms. The molecular formula is C24H27NO3. The topological polar surface area (TPSA) is 58.6 Å². The van der Waals surface area contributed by atoms with E-state index in [1.54, 1.807) is 7.11 Å². The summed E-state index contributed by atoms with van der Waals surface area (Å²) in [5, 5.41) is 15.4. The fourth-order valence-electron chi connectivity index (χ4n) is 5.96. The summed E-state index contributed by atoms with van der Waals surface area (Å²) < 4.78 is 5.65. The Morgan fingerprint density at radius 3 is 2.82 bits per heavy atom. The molecular weight excluding hydrogens is 350 g/mol. The molecule has 1 saturated heterocycles. The zero-order valence-electron chi connectivity index (χ0n) is 16.3. The van der Waals surface area contributed by atoms with Gasteiger partial charge in [0.25, 0.3) is 0 Å². The molecule has 0 amide bonds. The highest BCUT2D eigenvalue weighted by molar-refractivity contribution is 5.82. The number of methoxy groups -OCH3 is 1. The van der Waals surface area contributed by atoms with Gasteiger partial charge in [0.15, 0.2) is 0 Å². The molecule has 4 heteroatoms. The van der Waals surface area contributed by atoms with Crippen LogP contribution in [0.5, 0.6) is 5.75 Å². The van der Waals surface area contributed by atoms with Gasteiger partial charge in [-0.25, -0.2) is 0 Å². The number of nitrogens with one attached hydrogen (secondary N) is 1. The molecule has 28 heavy (non-hydrogen) atoms. The number of hydrogen-bond donors (Lipinski definition) is 2. The van der Waals surface area contributed by atoms with Crippen LogP contribution < -0.4 is 10.1 Å². The van der Waals surface area contributed by atoms with E-state index in [9.17, 15) is 9.90 Å². The normalized spacial score (nSPS) is 31.1. The summed E-state index contributed by atoms with van der Waals surface area (Å²) in [5.74, 6) is 1.09. The number of piperidine rings is 1. The predicted octanol–water partition coefficient (Wildman–Crippen LogP) is 2.93. The lowest BCUT2D eigenvalue weighted by Crippen LogP contribution is -2.72. The molecule has 2 aliphatic carbocycles. The SMILES string of the molecule is COc1cc(Cc2ccccc2)c2c(c1)[C@]13CCN[C@H](C2)[C@]1(O)CCC(=O)C3. The first kappa shape index (κ1) is 17.9. The van der Waals surface area contributed by atoms with Crippen molar-refractivity contribution in [3.05, 3.63) is 64.7 Å². The van der Waals surface area contributed by atoms with Gasteiger partial charge >= 0.3 is 0 Å². The van der Waals surface area contributed by atoms with Crippen molar-refractivity contribution < 1.29 is 14.6 Å². The van der Waals surface area contributed by atoms with Crippen LogP contribution in [-0.4, -0.2) is 36.2 Å². The molecule has 2 fully saturated rings. The molecule has 1 heterocycles. The maximum atomic E-state index is 12.5. The van der Waals surface area contributed by atoms with Crippen LogP contribution in [0.25, 0.3) is 0 Å². The van der Waals surface area contributed by atoms with Gasteiger partial charge < -0.3 is 15.2 Å². The van der Waals surface area contributed by atoms with E-state index in [-0.39, 0.29) is 11.8 Å². The number of rotatable bonds is 3. The fourth-order valence-corrected chi connectivity index (χ4v) is 5.96. The standard InChI is InChI=1S/C24H27NO3/c1-28-19-12-17(11-16-5-3-2-4-6-16)20-14-22-24(27)8-7-18(26)15-23(24,9-10-25-22)21(20)13-19/h2-6,12-13,22,25,27H,7-11,14-15H2,1H3/t22-,23-,24-/m1/s1. The Kier molecular flexibility index (Phi) is 4.11. The number of carbonyl (C=O) groups excluding carboxylic acids is 1. The molecule has 1 saturated carbocycles. The van der Waals surface area contributed by atoms with Gasteiger partial charge in [0.2, 0.25) is 0 Å². The molecule has 2 aromatic rings. The maximum absolute atomic E-state index is 12.5. The molecule has 3 atom stereocenters. The smallest absolute Gasteiger partial charge is 0.134 e. The van der Waals surface area contributed by atoms with Crippen molar-refractivity contribution in [2.75, 3.05) is 13.7 Å². The van der Waals surface area contributed by atoms with Crippen molar-refractivity contribution in [3.63, 3.8) is 0 Å². The van der Waals surface area contributed by atoms with Gasteiger partial charge in [0.1, 0.15) is 11.5 Å². The summed E-state index contributed by atoms with van der Waals surface area (Å²) in [6.45, 7) is 0.838. The maximum Gasteiger partial charge on any atom is 0.134 e. The zero-order chi connectivity index (χ0) is 19.4. The van der Waals surface area contributed by atoms with Gasteiger partial charge in [-0.3, -0.25) is 4.79 Å². The van der Waals surface area contributed by atoms with Crippen LogP contribution in [0.1, 0.15) is 47.9 Å². The van der Waals surface area contributed by atoms with Gasteiger partial charge in [-0.2, -0.15) is 0 Å². The van der Waals surface area contributed by atoms with E-state index in [2.05, 4.69) is 41.7 Å². The Balaban J connectivity index is 1.70. The van der Waals surface area contributed by atoms with Crippen LogP contribution in [0.4, 0.5) is 0 Å². The van der Waals surface area contributed by atoms with Gasteiger partial charge in [0.05, 0.1) is 12.7 Å². The van der Waals surface area contributed by atoms with Crippen LogP contribution in [0.2, 0.25) is 0 Å². The number of benzene rings is 2. The number of fused-ring (bicyclic) bond motifs is 1. The average molecular weight is 377 g/mol. The third-order valence-electron chi connectivity index (χ3n) is 7.34. The van der Waals surface area contributed by atoms with Gasteiger partial charge in [-0.15, -0.1) is 0 Å². The summed E-state index contributed by atoms with van der Waals surface area (Å²) in [6, 6.07) is 14.7. The molecule has 0 aromatic heterocycles. The monoisotopic (exact) mass is 377 g/mol. The average Bonchev–Trinajstić information content (AvgIpc) is 2.69.